The van der Waals surface area contributed by atoms with E-state index in [4.69, 9.17) is 0 Å². The molecule has 2 N–H and O–H groups in total. The van der Waals surface area contributed by atoms with Crippen LogP contribution in [0.1, 0.15) is 32.6 Å². The van der Waals surface area contributed by atoms with E-state index in [-0.39, 0.29) is 25.1 Å². The zero-order chi connectivity index (χ0) is 19.4. The van der Waals surface area contributed by atoms with Crippen LogP contribution < -0.4 is 5.32 Å². The lowest BCUT2D eigenvalue weighted by Gasteiger charge is -2.33. The third-order valence-electron chi connectivity index (χ3n) is 4.80. The van der Waals surface area contributed by atoms with Crippen molar-refractivity contribution in [1.29, 1.82) is 0 Å². The molecule has 2 aliphatic heterocycles. The maximum atomic E-state index is 12.6. The first kappa shape index (κ1) is 21.2. The third kappa shape index (κ3) is 5.23. The number of rotatable bonds is 4. The number of guanidine groups is 1. The van der Waals surface area contributed by atoms with Crippen molar-refractivity contribution >= 4 is 16.0 Å². The number of aliphatic hydroxyl groups is 1. The summed E-state index contributed by atoms with van der Waals surface area (Å²) in [4.78, 5) is 6.65. The predicted molar refractivity (Wildman–Crippen MR) is 92.1 cm³/mol. The Labute approximate surface area is 152 Å². The minimum Gasteiger partial charge on any atom is -0.393 e. The Bertz CT molecular complexity index is 581. The smallest absolute Gasteiger partial charge is 0.393 e. The van der Waals surface area contributed by atoms with Gasteiger partial charge in [0.2, 0.25) is 0 Å². The number of hydrogen-bond donors (Lipinski definition) is 2. The number of alkyl halides is 3. The van der Waals surface area contributed by atoms with Gasteiger partial charge in [0.15, 0.2) is 5.96 Å². The molecular weight excluding hydrogens is 373 g/mol. The first-order chi connectivity index (χ1) is 12.1. The Morgan fingerprint density at radius 1 is 1.15 bits per heavy atom. The molecule has 2 fully saturated rings. The molecule has 0 aliphatic carbocycles. The lowest BCUT2D eigenvalue weighted by molar-refractivity contribution is -0.0496. The summed E-state index contributed by atoms with van der Waals surface area (Å²) in [6.07, 6.45) is 1.79. The fraction of sp³-hybridized carbons (Fsp3) is 0.933. The van der Waals surface area contributed by atoms with E-state index in [2.05, 4.69) is 15.2 Å². The Morgan fingerprint density at radius 3 is 2.23 bits per heavy atom. The van der Waals surface area contributed by atoms with Crippen molar-refractivity contribution in [3.63, 3.8) is 0 Å². The van der Waals surface area contributed by atoms with Crippen LogP contribution in [0.5, 0.6) is 0 Å². The standard InChI is InChI=1S/C15H27F3N4O3S/c1-2-19-14(21-7-5-13(23)6-8-21)20-11-12-3-9-22(10-4-12)26(24,25)15(16,17)18/h12-13,23H,2-11H2,1H3,(H,19,20). The molecule has 0 bridgehead atoms. The van der Waals surface area contributed by atoms with Crippen LogP contribution in [0.2, 0.25) is 0 Å². The van der Waals surface area contributed by atoms with Gasteiger partial charge >= 0.3 is 15.5 Å². The molecule has 11 heteroatoms. The van der Waals surface area contributed by atoms with Crippen LogP contribution >= 0.6 is 0 Å². The number of sulfonamides is 1. The SMILES string of the molecule is CCNC(=NCC1CCN(S(=O)(=O)C(F)(F)F)CC1)N1CCC(O)CC1. The summed E-state index contributed by atoms with van der Waals surface area (Å²) in [5, 5.41) is 12.8. The molecule has 0 spiro atoms. The third-order valence-corrected chi connectivity index (χ3v) is 6.43. The average molecular weight is 400 g/mol. The summed E-state index contributed by atoms with van der Waals surface area (Å²) in [5.41, 5.74) is -5.24. The molecule has 0 amide bonds. The second-order valence-electron chi connectivity index (χ2n) is 6.71. The Kier molecular flexibility index (Phi) is 7.14. The molecule has 2 heterocycles. The molecule has 2 rings (SSSR count). The molecule has 2 aliphatic rings. The lowest BCUT2D eigenvalue weighted by Crippen LogP contribution is -2.47. The molecule has 7 nitrogen and oxygen atoms in total. The molecule has 26 heavy (non-hydrogen) atoms. The zero-order valence-electron chi connectivity index (χ0n) is 14.9. The number of halogens is 3. The minimum atomic E-state index is -5.24. The highest BCUT2D eigenvalue weighted by molar-refractivity contribution is 7.90. The maximum absolute atomic E-state index is 12.6. The maximum Gasteiger partial charge on any atom is 0.511 e. The van der Waals surface area contributed by atoms with Gasteiger partial charge < -0.3 is 15.3 Å². The zero-order valence-corrected chi connectivity index (χ0v) is 15.7. The van der Waals surface area contributed by atoms with Gasteiger partial charge in [-0.2, -0.15) is 17.5 Å². The van der Waals surface area contributed by atoms with E-state index in [1.807, 2.05) is 6.92 Å². The Hall–Kier alpha value is -1.07. The van der Waals surface area contributed by atoms with E-state index < -0.39 is 15.5 Å². The van der Waals surface area contributed by atoms with Gasteiger partial charge in [-0.15, -0.1) is 0 Å². The predicted octanol–water partition coefficient (Wildman–Crippen LogP) is 0.970. The molecule has 0 aromatic rings. The van der Waals surface area contributed by atoms with Gasteiger partial charge in [-0.05, 0) is 38.5 Å². The van der Waals surface area contributed by atoms with Crippen molar-refractivity contribution < 1.29 is 26.7 Å². The van der Waals surface area contributed by atoms with Crippen LogP contribution in [-0.2, 0) is 10.0 Å². The second-order valence-corrected chi connectivity index (χ2v) is 8.64. The molecule has 0 aromatic carbocycles. The van der Waals surface area contributed by atoms with Gasteiger partial charge in [0.05, 0.1) is 6.10 Å². The average Bonchev–Trinajstić information content (AvgIpc) is 2.59. The topological polar surface area (TPSA) is 85.2 Å². The first-order valence-electron chi connectivity index (χ1n) is 8.93. The van der Waals surface area contributed by atoms with E-state index in [1.165, 1.54) is 0 Å². The summed E-state index contributed by atoms with van der Waals surface area (Å²) in [6, 6.07) is 0. The highest BCUT2D eigenvalue weighted by Crippen LogP contribution is 2.30. The molecule has 0 saturated carbocycles. The molecule has 0 aromatic heterocycles. The van der Waals surface area contributed by atoms with Gasteiger partial charge in [0.1, 0.15) is 0 Å². The summed E-state index contributed by atoms with van der Waals surface area (Å²) in [6.45, 7) is 4.24. The van der Waals surface area contributed by atoms with Crippen molar-refractivity contribution in [2.45, 2.75) is 44.2 Å². The summed E-state index contributed by atoms with van der Waals surface area (Å²) >= 11 is 0. The summed E-state index contributed by atoms with van der Waals surface area (Å²) < 4.78 is 61.2. The van der Waals surface area contributed by atoms with Crippen molar-refractivity contribution in [3.8, 4) is 0 Å². The largest absolute Gasteiger partial charge is 0.511 e. The van der Waals surface area contributed by atoms with Crippen LogP contribution in [0.3, 0.4) is 0 Å². The number of nitrogens with zero attached hydrogens (tertiary/aromatic N) is 3. The highest BCUT2D eigenvalue weighted by Gasteiger charge is 2.50. The lowest BCUT2D eigenvalue weighted by atomic mass is 9.98. The van der Waals surface area contributed by atoms with Crippen molar-refractivity contribution in [2.75, 3.05) is 39.3 Å². The molecule has 2 saturated heterocycles. The normalized spacial score (nSPS) is 22.7. The monoisotopic (exact) mass is 400 g/mol. The van der Waals surface area contributed by atoms with Crippen molar-refractivity contribution in [1.82, 2.24) is 14.5 Å². The number of hydrogen-bond acceptors (Lipinski definition) is 4. The first-order valence-corrected chi connectivity index (χ1v) is 10.4. The van der Waals surface area contributed by atoms with Crippen LogP contribution in [0, 0.1) is 5.92 Å². The van der Waals surface area contributed by atoms with Gasteiger partial charge in [-0.3, -0.25) is 4.99 Å². The minimum absolute atomic E-state index is 0.0544. The van der Waals surface area contributed by atoms with E-state index in [0.717, 1.165) is 5.96 Å². The number of aliphatic hydroxyl groups excluding tert-OH is 1. The van der Waals surface area contributed by atoms with Crippen LogP contribution in [0.15, 0.2) is 4.99 Å². The van der Waals surface area contributed by atoms with Gasteiger partial charge in [0.25, 0.3) is 0 Å². The number of piperidine rings is 2. The summed E-state index contributed by atoms with van der Waals surface area (Å²) in [5.74, 6) is 0.795. The van der Waals surface area contributed by atoms with Crippen LogP contribution in [0.25, 0.3) is 0 Å². The van der Waals surface area contributed by atoms with Crippen LogP contribution in [-0.4, -0.2) is 79.6 Å². The fourth-order valence-electron chi connectivity index (χ4n) is 3.20. The quantitative estimate of drug-likeness (QED) is 0.543. The van der Waals surface area contributed by atoms with Crippen molar-refractivity contribution in [2.24, 2.45) is 10.9 Å². The Balaban J connectivity index is 1.90. The van der Waals surface area contributed by atoms with E-state index in [9.17, 15) is 26.7 Å². The number of aliphatic imine (C=N–C) groups is 1. The molecule has 152 valence electrons. The van der Waals surface area contributed by atoms with Gasteiger partial charge in [-0.1, -0.05) is 0 Å². The van der Waals surface area contributed by atoms with Crippen LogP contribution in [0.4, 0.5) is 13.2 Å². The van der Waals surface area contributed by atoms with E-state index in [0.29, 0.717) is 56.2 Å². The molecule has 0 unspecified atom stereocenters. The van der Waals surface area contributed by atoms with E-state index in [1.54, 1.807) is 0 Å². The number of likely N-dealkylation sites (tertiary alicyclic amines) is 1. The fourth-order valence-corrected chi connectivity index (χ4v) is 4.18. The van der Waals surface area contributed by atoms with Crippen molar-refractivity contribution in [3.05, 3.63) is 0 Å². The van der Waals surface area contributed by atoms with Gasteiger partial charge in [-0.25, -0.2) is 8.42 Å². The second kappa shape index (κ2) is 8.75. The highest BCUT2D eigenvalue weighted by atomic mass is 32.2. The summed E-state index contributed by atoms with van der Waals surface area (Å²) in [7, 11) is -5.23. The Morgan fingerprint density at radius 2 is 1.73 bits per heavy atom. The molecule has 0 atom stereocenters. The number of nitrogens with one attached hydrogen (secondary N) is 1. The van der Waals surface area contributed by atoms with Gasteiger partial charge in [0, 0.05) is 39.3 Å². The van der Waals surface area contributed by atoms with E-state index >= 15 is 0 Å². The molecule has 0 radical (unpaired) electrons. The molecular formula is C15H27F3N4O3S.